The molecule has 0 amide bonds. The van der Waals surface area contributed by atoms with Crippen LogP contribution in [-0.2, 0) is 23.8 Å². The molecule has 128 valence electrons. The second-order valence-electron chi connectivity index (χ2n) is 5.12. The number of carbonyl (C=O) groups is 2. The summed E-state index contributed by atoms with van der Waals surface area (Å²) in [6, 6.07) is 6.89. The lowest BCUT2D eigenvalue weighted by molar-refractivity contribution is -0.142. The van der Waals surface area contributed by atoms with E-state index in [4.69, 9.17) is 25.8 Å². The van der Waals surface area contributed by atoms with Gasteiger partial charge in [0.1, 0.15) is 17.4 Å². The first-order valence-corrected chi connectivity index (χ1v) is 8.01. The third-order valence-electron chi connectivity index (χ3n) is 3.48. The molecule has 0 aromatic heterocycles. The Morgan fingerprint density at radius 2 is 2.04 bits per heavy atom. The van der Waals surface area contributed by atoms with E-state index in [1.165, 1.54) is 13.2 Å². The first-order chi connectivity index (χ1) is 11.5. The molecule has 24 heavy (non-hydrogen) atoms. The van der Waals surface area contributed by atoms with Crippen molar-refractivity contribution in [2.24, 2.45) is 0 Å². The van der Waals surface area contributed by atoms with Crippen molar-refractivity contribution < 1.29 is 23.8 Å². The molecule has 0 fully saturated rings. The Balaban J connectivity index is 2.26. The average molecular weight is 351 g/mol. The highest BCUT2D eigenvalue weighted by atomic mass is 35.5. The molecule has 2 rings (SSSR count). The lowest BCUT2D eigenvalue weighted by Crippen LogP contribution is -2.20. The Morgan fingerprint density at radius 3 is 2.67 bits per heavy atom. The zero-order chi connectivity index (χ0) is 17.5. The van der Waals surface area contributed by atoms with Gasteiger partial charge in [0.2, 0.25) is 0 Å². The van der Waals surface area contributed by atoms with E-state index in [2.05, 4.69) is 0 Å². The Labute approximate surface area is 145 Å². The number of hydrogen-bond acceptors (Lipinski definition) is 5. The summed E-state index contributed by atoms with van der Waals surface area (Å²) in [5, 5.41) is 0.573. The molecule has 1 aliphatic rings. The lowest BCUT2D eigenvalue weighted by atomic mass is 9.95. The number of methoxy groups -OCH3 is 1. The van der Waals surface area contributed by atoms with E-state index in [-0.39, 0.29) is 0 Å². The minimum absolute atomic E-state index is 0.293. The highest BCUT2D eigenvalue weighted by molar-refractivity contribution is 6.30. The molecule has 1 aromatic carbocycles. The molecule has 1 unspecified atom stereocenters. The SMILES string of the molecule is CCOC(=O)/C=C1\CCC=C(C(C(=O)OC)c2ccc(Cl)cc2)O1. The Bertz CT molecular complexity index is 660. The van der Waals surface area contributed by atoms with Crippen molar-refractivity contribution >= 4 is 23.5 Å². The molecule has 0 aliphatic carbocycles. The van der Waals surface area contributed by atoms with Crippen LogP contribution < -0.4 is 0 Å². The Kier molecular flexibility index (Phi) is 6.44. The zero-order valence-electron chi connectivity index (χ0n) is 13.6. The normalized spacial score (nSPS) is 16.8. The number of carbonyl (C=O) groups excluding carboxylic acids is 2. The van der Waals surface area contributed by atoms with Gasteiger partial charge in [0, 0.05) is 11.4 Å². The van der Waals surface area contributed by atoms with Gasteiger partial charge in [0.25, 0.3) is 0 Å². The fourth-order valence-electron chi connectivity index (χ4n) is 2.38. The van der Waals surface area contributed by atoms with Gasteiger partial charge in [-0.05, 0) is 37.1 Å². The first-order valence-electron chi connectivity index (χ1n) is 7.63. The maximum Gasteiger partial charge on any atom is 0.334 e. The molecule has 0 saturated carbocycles. The average Bonchev–Trinajstić information content (AvgIpc) is 2.57. The second-order valence-corrected chi connectivity index (χ2v) is 5.55. The van der Waals surface area contributed by atoms with Crippen LogP contribution in [0.4, 0.5) is 0 Å². The molecule has 0 saturated heterocycles. The molecule has 0 bridgehead atoms. The van der Waals surface area contributed by atoms with E-state index in [1.807, 2.05) is 6.08 Å². The summed E-state index contributed by atoms with van der Waals surface area (Å²) >= 11 is 5.90. The summed E-state index contributed by atoms with van der Waals surface area (Å²) < 4.78 is 15.5. The summed E-state index contributed by atoms with van der Waals surface area (Å²) in [5.74, 6) is -0.714. The van der Waals surface area contributed by atoms with Crippen LogP contribution in [0, 0.1) is 0 Å². The number of ether oxygens (including phenoxy) is 3. The van der Waals surface area contributed by atoms with Gasteiger partial charge < -0.3 is 14.2 Å². The summed E-state index contributed by atoms with van der Waals surface area (Å²) in [6.07, 6.45) is 4.36. The van der Waals surface area contributed by atoms with Crippen LogP contribution in [0.5, 0.6) is 0 Å². The number of rotatable bonds is 5. The van der Waals surface area contributed by atoms with E-state index in [0.717, 1.165) is 0 Å². The standard InChI is InChI=1S/C18H19ClO5/c1-3-23-16(20)11-14-5-4-6-15(24-14)17(18(21)22-2)12-7-9-13(19)10-8-12/h6-11,17H,3-5H2,1-2H3/b14-11+. The summed E-state index contributed by atoms with van der Waals surface area (Å²) in [7, 11) is 1.32. The predicted octanol–water partition coefficient (Wildman–Crippen LogP) is 3.74. The van der Waals surface area contributed by atoms with Crippen LogP contribution in [0.3, 0.4) is 0 Å². The molecule has 0 radical (unpaired) electrons. The monoisotopic (exact) mass is 350 g/mol. The molecule has 1 heterocycles. The van der Waals surface area contributed by atoms with Gasteiger partial charge in [0.05, 0.1) is 19.8 Å². The molecule has 0 spiro atoms. The molecule has 1 aliphatic heterocycles. The van der Waals surface area contributed by atoms with Crippen molar-refractivity contribution in [1.82, 2.24) is 0 Å². The molecular formula is C18H19ClO5. The summed E-state index contributed by atoms with van der Waals surface area (Å²) in [4.78, 5) is 23.8. The number of halogens is 1. The predicted molar refractivity (Wildman–Crippen MR) is 89.3 cm³/mol. The Hall–Kier alpha value is -2.27. The second kappa shape index (κ2) is 8.55. The van der Waals surface area contributed by atoms with Crippen molar-refractivity contribution in [1.29, 1.82) is 0 Å². The van der Waals surface area contributed by atoms with Crippen molar-refractivity contribution in [3.63, 3.8) is 0 Å². The van der Waals surface area contributed by atoms with E-state index in [0.29, 0.717) is 41.6 Å². The molecular weight excluding hydrogens is 332 g/mol. The first kappa shape index (κ1) is 18.1. The summed E-state index contributed by atoms with van der Waals surface area (Å²) in [6.45, 7) is 2.03. The maximum atomic E-state index is 12.2. The van der Waals surface area contributed by atoms with Gasteiger partial charge >= 0.3 is 11.9 Å². The quantitative estimate of drug-likeness (QED) is 0.598. The topological polar surface area (TPSA) is 61.8 Å². The summed E-state index contributed by atoms with van der Waals surface area (Å²) in [5.41, 5.74) is 0.704. The highest BCUT2D eigenvalue weighted by Gasteiger charge is 2.29. The minimum atomic E-state index is -0.710. The number of esters is 2. The largest absolute Gasteiger partial charge is 0.468 e. The van der Waals surface area contributed by atoms with Crippen LogP contribution in [0.1, 0.15) is 31.2 Å². The van der Waals surface area contributed by atoms with Crippen LogP contribution in [0.15, 0.2) is 47.9 Å². The lowest BCUT2D eigenvalue weighted by Gasteiger charge is -2.23. The van der Waals surface area contributed by atoms with Crippen molar-refractivity contribution in [3.8, 4) is 0 Å². The number of benzene rings is 1. The molecule has 0 N–H and O–H groups in total. The third kappa shape index (κ3) is 4.61. The van der Waals surface area contributed by atoms with Crippen molar-refractivity contribution in [3.05, 3.63) is 58.5 Å². The van der Waals surface area contributed by atoms with Gasteiger partial charge in [-0.25, -0.2) is 4.79 Å². The fourth-order valence-corrected chi connectivity index (χ4v) is 2.51. The van der Waals surface area contributed by atoms with Gasteiger partial charge in [0.15, 0.2) is 0 Å². The van der Waals surface area contributed by atoms with Crippen LogP contribution in [-0.4, -0.2) is 25.7 Å². The van der Waals surface area contributed by atoms with Crippen LogP contribution in [0.25, 0.3) is 0 Å². The third-order valence-corrected chi connectivity index (χ3v) is 3.73. The Morgan fingerprint density at radius 1 is 1.33 bits per heavy atom. The van der Waals surface area contributed by atoms with Crippen LogP contribution in [0.2, 0.25) is 5.02 Å². The van der Waals surface area contributed by atoms with Gasteiger partial charge in [-0.2, -0.15) is 0 Å². The van der Waals surface area contributed by atoms with E-state index in [1.54, 1.807) is 31.2 Å². The fraction of sp³-hybridized carbons (Fsp3) is 0.333. The van der Waals surface area contributed by atoms with Gasteiger partial charge in [-0.1, -0.05) is 23.7 Å². The highest BCUT2D eigenvalue weighted by Crippen LogP contribution is 2.33. The number of hydrogen-bond donors (Lipinski definition) is 0. The maximum absolute atomic E-state index is 12.2. The van der Waals surface area contributed by atoms with E-state index in [9.17, 15) is 9.59 Å². The van der Waals surface area contributed by atoms with E-state index < -0.39 is 17.9 Å². The van der Waals surface area contributed by atoms with Crippen molar-refractivity contribution in [2.75, 3.05) is 13.7 Å². The van der Waals surface area contributed by atoms with Gasteiger partial charge in [-0.15, -0.1) is 0 Å². The molecule has 6 heteroatoms. The zero-order valence-corrected chi connectivity index (χ0v) is 14.3. The van der Waals surface area contributed by atoms with Gasteiger partial charge in [-0.3, -0.25) is 4.79 Å². The smallest absolute Gasteiger partial charge is 0.334 e. The number of allylic oxidation sites excluding steroid dienone is 2. The molecule has 1 aromatic rings. The van der Waals surface area contributed by atoms with Crippen LogP contribution >= 0.6 is 11.6 Å². The minimum Gasteiger partial charge on any atom is -0.468 e. The van der Waals surface area contributed by atoms with E-state index >= 15 is 0 Å². The van der Waals surface area contributed by atoms with Crippen molar-refractivity contribution in [2.45, 2.75) is 25.7 Å². The molecule has 5 nitrogen and oxygen atoms in total. The molecule has 1 atom stereocenters.